The lowest BCUT2D eigenvalue weighted by Gasteiger charge is -2.19. The van der Waals surface area contributed by atoms with Gasteiger partial charge in [0, 0.05) is 25.7 Å². The van der Waals surface area contributed by atoms with Crippen molar-refractivity contribution in [3.63, 3.8) is 0 Å². The Labute approximate surface area is 90.8 Å². The minimum absolute atomic E-state index is 0. The highest BCUT2D eigenvalue weighted by atomic mass is 35.5. The van der Waals surface area contributed by atoms with Gasteiger partial charge in [-0.25, -0.2) is 4.79 Å². The molecule has 2 heterocycles. The molecule has 2 aliphatic rings. The molecule has 2 amide bonds. The first-order valence-corrected chi connectivity index (χ1v) is 5.12. The minimum Gasteiger partial charge on any atom is -0.334 e. The Morgan fingerprint density at radius 2 is 2.07 bits per heavy atom. The van der Waals surface area contributed by atoms with Crippen LogP contribution in [0.25, 0.3) is 0 Å². The number of carbonyl (C=O) groups excluding carboxylic acids is 1. The summed E-state index contributed by atoms with van der Waals surface area (Å²) < 4.78 is 0. The average Bonchev–Trinajstić information content (AvgIpc) is 2.74. The molecule has 0 aliphatic carbocycles. The van der Waals surface area contributed by atoms with Gasteiger partial charge in [0.2, 0.25) is 0 Å². The zero-order chi connectivity index (χ0) is 9.10. The Kier molecular flexibility index (Phi) is 4.48. The molecule has 0 saturated carbocycles. The summed E-state index contributed by atoms with van der Waals surface area (Å²) in [5.74, 6) is 0. The van der Waals surface area contributed by atoms with Crippen LogP contribution >= 0.6 is 12.4 Å². The number of halogens is 1. The van der Waals surface area contributed by atoms with Crippen molar-refractivity contribution in [1.29, 1.82) is 0 Å². The summed E-state index contributed by atoms with van der Waals surface area (Å²) in [6.07, 6.45) is 3.40. The molecule has 0 bridgehead atoms. The van der Waals surface area contributed by atoms with E-state index in [2.05, 4.69) is 10.6 Å². The van der Waals surface area contributed by atoms with E-state index in [4.69, 9.17) is 0 Å². The van der Waals surface area contributed by atoms with Crippen LogP contribution < -0.4 is 10.6 Å². The highest BCUT2D eigenvalue weighted by Crippen LogP contribution is 2.08. The minimum atomic E-state index is 0. The van der Waals surface area contributed by atoms with Crippen molar-refractivity contribution in [2.24, 2.45) is 0 Å². The third-order valence-corrected chi connectivity index (χ3v) is 2.78. The van der Waals surface area contributed by atoms with Crippen molar-refractivity contribution < 1.29 is 4.79 Å². The van der Waals surface area contributed by atoms with E-state index in [-0.39, 0.29) is 18.4 Å². The highest BCUT2D eigenvalue weighted by molar-refractivity contribution is 5.85. The van der Waals surface area contributed by atoms with Crippen molar-refractivity contribution in [1.82, 2.24) is 15.5 Å². The lowest BCUT2D eigenvalue weighted by Crippen LogP contribution is -2.44. The number of rotatable bonds is 1. The largest absolute Gasteiger partial charge is 0.334 e. The molecule has 14 heavy (non-hydrogen) atoms. The smallest absolute Gasteiger partial charge is 0.317 e. The molecule has 0 radical (unpaired) electrons. The molecule has 0 spiro atoms. The predicted octanol–water partition coefficient (Wildman–Crippen LogP) is 0.575. The van der Waals surface area contributed by atoms with Crippen LogP contribution in [0.4, 0.5) is 4.79 Å². The number of hydrogen-bond acceptors (Lipinski definition) is 2. The van der Waals surface area contributed by atoms with Gasteiger partial charge in [0.25, 0.3) is 0 Å². The second-order valence-corrected chi connectivity index (χ2v) is 3.83. The molecule has 5 heteroatoms. The summed E-state index contributed by atoms with van der Waals surface area (Å²) in [6, 6.07) is 0.485. The molecule has 0 aromatic carbocycles. The Balaban J connectivity index is 0.000000980. The fraction of sp³-hybridized carbons (Fsp3) is 0.889. The topological polar surface area (TPSA) is 44.4 Å². The summed E-state index contributed by atoms with van der Waals surface area (Å²) >= 11 is 0. The molecule has 82 valence electrons. The average molecular weight is 220 g/mol. The summed E-state index contributed by atoms with van der Waals surface area (Å²) in [5, 5.41) is 6.28. The van der Waals surface area contributed by atoms with Crippen LogP contribution in [0.1, 0.15) is 19.3 Å². The van der Waals surface area contributed by atoms with E-state index in [0.717, 1.165) is 45.4 Å². The molecule has 1 unspecified atom stereocenters. The fourth-order valence-electron chi connectivity index (χ4n) is 1.96. The summed E-state index contributed by atoms with van der Waals surface area (Å²) in [6.45, 7) is 3.84. The Bertz CT molecular complexity index is 188. The fourth-order valence-corrected chi connectivity index (χ4v) is 1.96. The van der Waals surface area contributed by atoms with E-state index in [1.54, 1.807) is 0 Å². The summed E-state index contributed by atoms with van der Waals surface area (Å²) in [5.41, 5.74) is 0. The molecule has 2 rings (SSSR count). The lowest BCUT2D eigenvalue weighted by molar-refractivity contribution is 0.205. The van der Waals surface area contributed by atoms with Gasteiger partial charge in [-0.05, 0) is 25.8 Å². The van der Waals surface area contributed by atoms with Crippen LogP contribution in [0.5, 0.6) is 0 Å². The molecule has 0 aromatic rings. The van der Waals surface area contributed by atoms with Crippen molar-refractivity contribution in [2.75, 3.05) is 26.2 Å². The molecular weight excluding hydrogens is 202 g/mol. The predicted molar refractivity (Wildman–Crippen MR) is 57.9 cm³/mol. The van der Waals surface area contributed by atoms with Crippen LogP contribution in [-0.4, -0.2) is 43.2 Å². The van der Waals surface area contributed by atoms with Crippen LogP contribution in [0.2, 0.25) is 0 Å². The van der Waals surface area contributed by atoms with Crippen molar-refractivity contribution >= 4 is 18.4 Å². The number of nitrogens with zero attached hydrogens (tertiary/aromatic N) is 1. The maximum atomic E-state index is 11.6. The first-order chi connectivity index (χ1) is 6.36. The molecule has 1 atom stereocenters. The Morgan fingerprint density at radius 1 is 1.36 bits per heavy atom. The van der Waals surface area contributed by atoms with Gasteiger partial charge in [0.1, 0.15) is 0 Å². The molecule has 0 aromatic heterocycles. The van der Waals surface area contributed by atoms with Gasteiger partial charge in [-0.2, -0.15) is 0 Å². The number of hydrogen-bond donors (Lipinski definition) is 2. The normalized spacial score (nSPS) is 26.0. The maximum Gasteiger partial charge on any atom is 0.317 e. The second kappa shape index (κ2) is 5.41. The van der Waals surface area contributed by atoms with Gasteiger partial charge in [-0.1, -0.05) is 0 Å². The number of amides is 2. The van der Waals surface area contributed by atoms with Crippen LogP contribution in [0, 0.1) is 0 Å². The first kappa shape index (κ1) is 11.6. The van der Waals surface area contributed by atoms with E-state index < -0.39 is 0 Å². The third kappa shape index (κ3) is 2.75. The lowest BCUT2D eigenvalue weighted by atomic mass is 10.3. The summed E-state index contributed by atoms with van der Waals surface area (Å²) in [7, 11) is 0. The van der Waals surface area contributed by atoms with Crippen molar-refractivity contribution in [3.8, 4) is 0 Å². The van der Waals surface area contributed by atoms with E-state index >= 15 is 0 Å². The Morgan fingerprint density at radius 3 is 2.64 bits per heavy atom. The van der Waals surface area contributed by atoms with Crippen LogP contribution in [-0.2, 0) is 0 Å². The molecule has 2 aliphatic heterocycles. The molecule has 2 saturated heterocycles. The highest BCUT2D eigenvalue weighted by Gasteiger charge is 2.22. The van der Waals surface area contributed by atoms with Gasteiger partial charge < -0.3 is 15.5 Å². The van der Waals surface area contributed by atoms with E-state index in [1.807, 2.05) is 4.90 Å². The van der Waals surface area contributed by atoms with Gasteiger partial charge in [-0.15, -0.1) is 12.4 Å². The molecule has 2 N–H and O–H groups in total. The van der Waals surface area contributed by atoms with Gasteiger partial charge in [0.15, 0.2) is 0 Å². The number of likely N-dealkylation sites (tertiary alicyclic amines) is 1. The van der Waals surface area contributed by atoms with Gasteiger partial charge in [-0.3, -0.25) is 0 Å². The SMILES string of the molecule is Cl.O=C(NC1CCNC1)N1CCCC1. The van der Waals surface area contributed by atoms with Gasteiger partial charge >= 0.3 is 6.03 Å². The third-order valence-electron chi connectivity index (χ3n) is 2.78. The van der Waals surface area contributed by atoms with E-state index in [9.17, 15) is 4.79 Å². The maximum absolute atomic E-state index is 11.6. The molecular formula is C9H18ClN3O. The standard InChI is InChI=1S/C9H17N3O.ClH/c13-9(12-5-1-2-6-12)11-8-3-4-10-7-8;/h8,10H,1-7H2,(H,11,13);1H. The molecule has 2 fully saturated rings. The molecule has 4 nitrogen and oxygen atoms in total. The second-order valence-electron chi connectivity index (χ2n) is 3.83. The Hall–Kier alpha value is -0.480. The zero-order valence-corrected chi connectivity index (χ0v) is 9.11. The number of nitrogens with one attached hydrogen (secondary N) is 2. The first-order valence-electron chi connectivity index (χ1n) is 5.12. The quantitative estimate of drug-likeness (QED) is 0.678. The van der Waals surface area contributed by atoms with Crippen molar-refractivity contribution in [2.45, 2.75) is 25.3 Å². The number of carbonyl (C=O) groups is 1. The summed E-state index contributed by atoms with van der Waals surface area (Å²) in [4.78, 5) is 13.5. The number of urea groups is 1. The van der Waals surface area contributed by atoms with E-state index in [0.29, 0.717) is 6.04 Å². The van der Waals surface area contributed by atoms with Crippen molar-refractivity contribution in [3.05, 3.63) is 0 Å². The van der Waals surface area contributed by atoms with Crippen LogP contribution in [0.3, 0.4) is 0 Å². The van der Waals surface area contributed by atoms with Gasteiger partial charge in [0.05, 0.1) is 0 Å². The van der Waals surface area contributed by atoms with E-state index in [1.165, 1.54) is 0 Å². The zero-order valence-electron chi connectivity index (χ0n) is 8.29. The van der Waals surface area contributed by atoms with Crippen LogP contribution in [0.15, 0.2) is 0 Å². The monoisotopic (exact) mass is 219 g/mol.